The lowest BCUT2D eigenvalue weighted by Crippen LogP contribution is -2.42. The third-order valence-electron chi connectivity index (χ3n) is 2.69. The Morgan fingerprint density at radius 3 is 2.82 bits per heavy atom. The Hall–Kier alpha value is -1.66. The Morgan fingerprint density at radius 1 is 1.47 bits per heavy atom. The zero-order valence-corrected chi connectivity index (χ0v) is 9.65. The van der Waals surface area contributed by atoms with Gasteiger partial charge in [-0.2, -0.15) is 0 Å². The van der Waals surface area contributed by atoms with Gasteiger partial charge in [0.2, 0.25) is 0 Å². The highest BCUT2D eigenvalue weighted by Crippen LogP contribution is 2.08. The van der Waals surface area contributed by atoms with Gasteiger partial charge in [-0.3, -0.25) is 10.2 Å². The summed E-state index contributed by atoms with van der Waals surface area (Å²) in [6.07, 6.45) is 1.77. The summed E-state index contributed by atoms with van der Waals surface area (Å²) in [5.74, 6) is 0.488. The van der Waals surface area contributed by atoms with Crippen LogP contribution < -0.4 is 16.4 Å². The predicted octanol–water partition coefficient (Wildman–Crippen LogP) is -0.0226. The molecular formula is C11H17N5O. The standard InChI is InChI=1S/C11H17N5O/c12-11(17)15-10-2-1-9(7-14-10)8-16-5-3-13-4-6-16/h1-2,7,13H,3-6,8H2,(H3,12,14,15,17). The first-order valence-electron chi connectivity index (χ1n) is 5.68. The summed E-state index contributed by atoms with van der Waals surface area (Å²) in [7, 11) is 0. The fraction of sp³-hybridized carbons (Fsp3) is 0.455. The van der Waals surface area contributed by atoms with Crippen LogP contribution in [0.3, 0.4) is 0 Å². The Bertz CT molecular complexity index is 372. The maximum absolute atomic E-state index is 10.6. The number of rotatable bonds is 3. The summed E-state index contributed by atoms with van der Waals surface area (Å²) >= 11 is 0. The van der Waals surface area contributed by atoms with E-state index in [1.165, 1.54) is 0 Å². The number of hydrogen-bond donors (Lipinski definition) is 3. The number of primary amides is 1. The summed E-state index contributed by atoms with van der Waals surface area (Å²) in [5.41, 5.74) is 6.15. The van der Waals surface area contributed by atoms with Crippen molar-refractivity contribution in [2.45, 2.75) is 6.54 Å². The second-order valence-electron chi connectivity index (χ2n) is 4.07. The van der Waals surface area contributed by atoms with Crippen LogP contribution in [0, 0.1) is 0 Å². The highest BCUT2D eigenvalue weighted by molar-refractivity contribution is 5.86. The summed E-state index contributed by atoms with van der Waals surface area (Å²) in [6, 6.07) is 3.13. The first kappa shape index (κ1) is 11.8. The Labute approximate surface area is 100 Å². The molecule has 0 aliphatic carbocycles. The number of pyridine rings is 1. The molecule has 1 fully saturated rings. The average molecular weight is 235 g/mol. The van der Waals surface area contributed by atoms with Crippen molar-refractivity contribution in [1.29, 1.82) is 0 Å². The van der Waals surface area contributed by atoms with Gasteiger partial charge in [0.25, 0.3) is 0 Å². The monoisotopic (exact) mass is 235 g/mol. The number of nitrogens with zero attached hydrogens (tertiary/aromatic N) is 2. The number of carbonyl (C=O) groups is 1. The van der Waals surface area contributed by atoms with Crippen molar-refractivity contribution in [1.82, 2.24) is 15.2 Å². The van der Waals surface area contributed by atoms with Gasteiger partial charge in [-0.1, -0.05) is 6.07 Å². The van der Waals surface area contributed by atoms with E-state index in [9.17, 15) is 4.79 Å². The van der Waals surface area contributed by atoms with Gasteiger partial charge in [-0.25, -0.2) is 9.78 Å². The number of nitrogens with one attached hydrogen (secondary N) is 2. The lowest BCUT2D eigenvalue weighted by molar-refractivity contribution is 0.233. The molecular weight excluding hydrogens is 218 g/mol. The Kier molecular flexibility index (Phi) is 3.89. The second kappa shape index (κ2) is 5.60. The molecule has 6 nitrogen and oxygen atoms in total. The fourth-order valence-corrected chi connectivity index (χ4v) is 1.85. The van der Waals surface area contributed by atoms with E-state index in [1.807, 2.05) is 6.07 Å². The number of aromatic nitrogens is 1. The van der Waals surface area contributed by atoms with Crippen molar-refractivity contribution < 1.29 is 4.79 Å². The molecule has 6 heteroatoms. The molecule has 17 heavy (non-hydrogen) atoms. The van der Waals surface area contributed by atoms with Gasteiger partial charge >= 0.3 is 6.03 Å². The SMILES string of the molecule is NC(=O)Nc1ccc(CN2CCNCC2)cn1. The minimum absolute atomic E-state index is 0.488. The molecule has 1 aromatic rings. The molecule has 0 aromatic carbocycles. The molecule has 4 N–H and O–H groups in total. The van der Waals surface area contributed by atoms with Crippen molar-refractivity contribution in [2.24, 2.45) is 5.73 Å². The summed E-state index contributed by atoms with van der Waals surface area (Å²) in [6.45, 7) is 5.08. The summed E-state index contributed by atoms with van der Waals surface area (Å²) in [4.78, 5) is 17.1. The molecule has 0 bridgehead atoms. The lowest BCUT2D eigenvalue weighted by atomic mass is 10.2. The molecule has 1 aromatic heterocycles. The topological polar surface area (TPSA) is 83.3 Å². The molecule has 0 atom stereocenters. The van der Waals surface area contributed by atoms with Crippen LogP contribution in [0.25, 0.3) is 0 Å². The van der Waals surface area contributed by atoms with Gasteiger partial charge < -0.3 is 11.1 Å². The maximum atomic E-state index is 10.6. The molecule has 0 spiro atoms. The van der Waals surface area contributed by atoms with E-state index in [4.69, 9.17) is 5.73 Å². The van der Waals surface area contributed by atoms with Crippen LogP contribution in [-0.4, -0.2) is 42.1 Å². The number of nitrogens with two attached hydrogens (primary N) is 1. The van der Waals surface area contributed by atoms with E-state index in [2.05, 4.69) is 20.5 Å². The number of amides is 2. The maximum Gasteiger partial charge on any atom is 0.317 e. The third kappa shape index (κ3) is 3.69. The van der Waals surface area contributed by atoms with Crippen LogP contribution in [0.2, 0.25) is 0 Å². The molecule has 1 saturated heterocycles. The molecule has 1 aliphatic rings. The molecule has 0 unspecified atom stereocenters. The highest BCUT2D eigenvalue weighted by Gasteiger charge is 2.09. The quantitative estimate of drug-likeness (QED) is 0.687. The van der Waals surface area contributed by atoms with Gasteiger partial charge in [0.05, 0.1) is 0 Å². The van der Waals surface area contributed by atoms with Crippen molar-refractivity contribution >= 4 is 11.8 Å². The smallest absolute Gasteiger partial charge is 0.317 e. The molecule has 92 valence electrons. The average Bonchev–Trinajstić information content (AvgIpc) is 2.32. The Morgan fingerprint density at radius 2 is 2.24 bits per heavy atom. The number of urea groups is 1. The van der Waals surface area contributed by atoms with E-state index >= 15 is 0 Å². The molecule has 0 radical (unpaired) electrons. The van der Waals surface area contributed by atoms with Crippen molar-refractivity contribution in [2.75, 3.05) is 31.5 Å². The second-order valence-corrected chi connectivity index (χ2v) is 4.07. The van der Waals surface area contributed by atoms with E-state index in [-0.39, 0.29) is 0 Å². The zero-order chi connectivity index (χ0) is 12.1. The van der Waals surface area contributed by atoms with Crippen LogP contribution in [-0.2, 0) is 6.54 Å². The molecule has 2 rings (SSSR count). The van der Waals surface area contributed by atoms with Crippen molar-refractivity contribution in [3.05, 3.63) is 23.9 Å². The number of anilines is 1. The van der Waals surface area contributed by atoms with Gasteiger partial charge in [0, 0.05) is 38.9 Å². The normalized spacial score (nSPS) is 16.7. The zero-order valence-electron chi connectivity index (χ0n) is 9.65. The van der Waals surface area contributed by atoms with Crippen LogP contribution in [0.5, 0.6) is 0 Å². The van der Waals surface area contributed by atoms with E-state index < -0.39 is 6.03 Å². The van der Waals surface area contributed by atoms with E-state index in [0.717, 1.165) is 38.3 Å². The first-order valence-corrected chi connectivity index (χ1v) is 5.68. The van der Waals surface area contributed by atoms with Crippen molar-refractivity contribution in [3.8, 4) is 0 Å². The van der Waals surface area contributed by atoms with Gasteiger partial charge in [-0.05, 0) is 11.6 Å². The lowest BCUT2D eigenvalue weighted by Gasteiger charge is -2.27. The first-order chi connectivity index (χ1) is 8.24. The van der Waals surface area contributed by atoms with Crippen LogP contribution in [0.1, 0.15) is 5.56 Å². The van der Waals surface area contributed by atoms with Gasteiger partial charge in [0.15, 0.2) is 0 Å². The van der Waals surface area contributed by atoms with Gasteiger partial charge in [0.1, 0.15) is 5.82 Å². The predicted molar refractivity (Wildman–Crippen MR) is 65.6 cm³/mol. The summed E-state index contributed by atoms with van der Waals surface area (Å²) < 4.78 is 0. The molecule has 1 aliphatic heterocycles. The minimum atomic E-state index is -0.590. The summed E-state index contributed by atoms with van der Waals surface area (Å²) in [5, 5.41) is 5.75. The molecule has 0 saturated carbocycles. The van der Waals surface area contributed by atoms with Crippen LogP contribution in [0.4, 0.5) is 10.6 Å². The van der Waals surface area contributed by atoms with Crippen LogP contribution >= 0.6 is 0 Å². The van der Waals surface area contributed by atoms with Crippen LogP contribution in [0.15, 0.2) is 18.3 Å². The van der Waals surface area contributed by atoms with Gasteiger partial charge in [-0.15, -0.1) is 0 Å². The number of hydrogen-bond acceptors (Lipinski definition) is 4. The largest absolute Gasteiger partial charge is 0.351 e. The molecule has 2 amide bonds. The van der Waals surface area contributed by atoms with E-state index in [1.54, 1.807) is 12.3 Å². The minimum Gasteiger partial charge on any atom is -0.351 e. The molecule has 2 heterocycles. The highest BCUT2D eigenvalue weighted by atomic mass is 16.2. The van der Waals surface area contributed by atoms with Crippen molar-refractivity contribution in [3.63, 3.8) is 0 Å². The Balaban J connectivity index is 1.90. The van der Waals surface area contributed by atoms with E-state index in [0.29, 0.717) is 5.82 Å². The fourth-order valence-electron chi connectivity index (χ4n) is 1.85. The number of carbonyl (C=O) groups excluding carboxylic acids is 1. The number of piperazine rings is 1. The third-order valence-corrected chi connectivity index (χ3v) is 2.69.